The lowest BCUT2D eigenvalue weighted by Gasteiger charge is -2.41. The fraction of sp³-hybridized carbons (Fsp3) is 0.424. The summed E-state index contributed by atoms with van der Waals surface area (Å²) in [6.45, 7) is 1.70. The molecule has 0 radical (unpaired) electrons. The largest absolute Gasteiger partial charge is 0.338 e. The number of fused-ring (bicyclic) bond motifs is 2. The van der Waals surface area contributed by atoms with E-state index in [1.807, 2.05) is 30.3 Å². The molecule has 2 bridgehead atoms. The lowest BCUT2D eigenvalue weighted by molar-refractivity contribution is 0.0779. The third-order valence-electron chi connectivity index (χ3n) is 9.40. The van der Waals surface area contributed by atoms with Crippen LogP contribution in [0.4, 0.5) is 0 Å². The van der Waals surface area contributed by atoms with Gasteiger partial charge in [0.05, 0.1) is 0 Å². The molecule has 2 heteroatoms. The molecule has 0 N–H and O–H groups in total. The molecule has 2 fully saturated rings. The van der Waals surface area contributed by atoms with Crippen LogP contribution < -0.4 is 0 Å². The molecule has 1 amide bonds. The number of hydrogen-bond acceptors (Lipinski definition) is 1. The number of rotatable bonds is 5. The second kappa shape index (κ2) is 9.64. The Hall–Kier alpha value is -2.87. The van der Waals surface area contributed by atoms with Crippen molar-refractivity contribution < 1.29 is 4.79 Å². The highest BCUT2D eigenvalue weighted by Gasteiger charge is 2.43. The quantitative estimate of drug-likeness (QED) is 0.396. The Kier molecular flexibility index (Phi) is 6.22. The van der Waals surface area contributed by atoms with E-state index < -0.39 is 0 Å². The van der Waals surface area contributed by atoms with Crippen molar-refractivity contribution in [3.05, 3.63) is 107 Å². The van der Waals surface area contributed by atoms with Crippen molar-refractivity contribution >= 4 is 5.91 Å². The lowest BCUT2D eigenvalue weighted by Crippen LogP contribution is -2.36. The number of hydrogen-bond donors (Lipinski definition) is 0. The molecule has 2 nitrogen and oxygen atoms in total. The van der Waals surface area contributed by atoms with Gasteiger partial charge in [0, 0.05) is 24.1 Å². The summed E-state index contributed by atoms with van der Waals surface area (Å²) in [5.74, 6) is 2.64. The van der Waals surface area contributed by atoms with Gasteiger partial charge in [-0.25, -0.2) is 0 Å². The summed E-state index contributed by atoms with van der Waals surface area (Å²) in [5.41, 5.74) is 5.51. The van der Waals surface area contributed by atoms with E-state index in [0.29, 0.717) is 0 Å². The van der Waals surface area contributed by atoms with Gasteiger partial charge in [-0.3, -0.25) is 4.79 Å². The van der Waals surface area contributed by atoms with Crippen LogP contribution in [0.2, 0.25) is 0 Å². The molecular weight excluding hydrogens is 426 g/mol. The fourth-order valence-corrected chi connectivity index (χ4v) is 7.43. The first-order chi connectivity index (χ1) is 17.2. The highest BCUT2D eigenvalue weighted by Crippen LogP contribution is 2.46. The third kappa shape index (κ3) is 4.56. The SMILES string of the molecule is O=C(c1ccccc1)N1CCC(CCC2C[C@H]3CC[C@@H]2Cc2ccccc2C3)(c2ccccc2)C1. The van der Waals surface area contributed by atoms with Gasteiger partial charge in [0.15, 0.2) is 0 Å². The van der Waals surface area contributed by atoms with Gasteiger partial charge in [0.1, 0.15) is 0 Å². The van der Waals surface area contributed by atoms with Gasteiger partial charge in [0.2, 0.25) is 0 Å². The minimum absolute atomic E-state index is 0.0746. The summed E-state index contributed by atoms with van der Waals surface area (Å²) in [7, 11) is 0. The van der Waals surface area contributed by atoms with E-state index in [2.05, 4.69) is 59.5 Å². The lowest BCUT2D eigenvalue weighted by atomic mass is 9.64. The van der Waals surface area contributed by atoms with Crippen LogP contribution in [0, 0.1) is 17.8 Å². The van der Waals surface area contributed by atoms with Gasteiger partial charge in [0.25, 0.3) is 5.91 Å². The third-order valence-corrected chi connectivity index (χ3v) is 9.40. The average molecular weight is 464 g/mol. The molecule has 0 spiro atoms. The molecule has 3 aromatic rings. The van der Waals surface area contributed by atoms with Crippen LogP contribution in [0.5, 0.6) is 0 Å². The zero-order valence-electron chi connectivity index (χ0n) is 20.7. The molecular formula is C33H37NO. The maximum Gasteiger partial charge on any atom is 0.253 e. The molecule has 1 heterocycles. The number of amides is 1. The first-order valence-electron chi connectivity index (χ1n) is 13.7. The summed E-state index contributed by atoms with van der Waals surface area (Å²) in [6, 6.07) is 30.1. The molecule has 1 saturated carbocycles. The van der Waals surface area contributed by atoms with Gasteiger partial charge < -0.3 is 4.90 Å². The maximum atomic E-state index is 13.3. The van der Waals surface area contributed by atoms with Gasteiger partial charge in [-0.1, -0.05) is 72.8 Å². The first-order valence-corrected chi connectivity index (χ1v) is 13.7. The Bertz CT molecular complexity index is 1160. The second-order valence-electron chi connectivity index (χ2n) is 11.4. The second-order valence-corrected chi connectivity index (χ2v) is 11.4. The average Bonchev–Trinajstić information content (AvgIpc) is 3.34. The summed E-state index contributed by atoms with van der Waals surface area (Å²) in [5, 5.41) is 0. The number of benzene rings is 3. The highest BCUT2D eigenvalue weighted by atomic mass is 16.2. The monoisotopic (exact) mass is 463 g/mol. The molecule has 2 unspecified atom stereocenters. The molecule has 4 aliphatic rings. The van der Waals surface area contributed by atoms with Crippen LogP contribution >= 0.6 is 0 Å². The Labute approximate surface area is 210 Å². The van der Waals surface area contributed by atoms with Crippen molar-refractivity contribution in [2.75, 3.05) is 13.1 Å². The van der Waals surface area contributed by atoms with Gasteiger partial charge in [-0.2, -0.15) is 0 Å². The Morgan fingerprint density at radius 2 is 1.51 bits per heavy atom. The molecule has 7 rings (SSSR count). The van der Waals surface area contributed by atoms with E-state index in [0.717, 1.165) is 42.8 Å². The van der Waals surface area contributed by atoms with Crippen molar-refractivity contribution in [2.45, 2.75) is 56.8 Å². The van der Waals surface area contributed by atoms with Crippen LogP contribution in [-0.4, -0.2) is 23.9 Å². The van der Waals surface area contributed by atoms with Crippen LogP contribution in [0.1, 0.15) is 65.6 Å². The molecule has 1 aliphatic heterocycles. The van der Waals surface area contributed by atoms with E-state index in [9.17, 15) is 4.79 Å². The van der Waals surface area contributed by atoms with E-state index in [1.54, 1.807) is 11.1 Å². The van der Waals surface area contributed by atoms with Crippen molar-refractivity contribution in [2.24, 2.45) is 17.8 Å². The Morgan fingerprint density at radius 3 is 2.29 bits per heavy atom. The summed E-state index contributed by atoms with van der Waals surface area (Å²) in [4.78, 5) is 15.4. The predicted octanol–water partition coefficient (Wildman–Crippen LogP) is 7.08. The van der Waals surface area contributed by atoms with E-state index in [-0.39, 0.29) is 11.3 Å². The van der Waals surface area contributed by atoms with Crippen LogP contribution in [0.3, 0.4) is 0 Å². The van der Waals surface area contributed by atoms with Crippen molar-refractivity contribution in [1.29, 1.82) is 0 Å². The van der Waals surface area contributed by atoms with E-state index in [4.69, 9.17) is 0 Å². The molecule has 1 saturated heterocycles. The standard InChI is InChI=1S/C33H37NO/c35-32(26-9-3-1-4-10-26)34-20-19-33(24-34,31-13-5-2-6-14-31)18-17-30-22-25-15-16-29(30)23-28-12-8-7-11-27(28)21-25/h1-14,25,29-30H,15-24H2/t25-,29+,30?,33?/m0/s1. The Balaban J connectivity index is 1.22. The molecule has 4 atom stereocenters. The smallest absolute Gasteiger partial charge is 0.253 e. The van der Waals surface area contributed by atoms with Crippen molar-refractivity contribution in [1.82, 2.24) is 4.90 Å². The van der Waals surface area contributed by atoms with Gasteiger partial charge >= 0.3 is 0 Å². The number of carbonyl (C=O) groups is 1. The fourth-order valence-electron chi connectivity index (χ4n) is 7.43. The molecule has 35 heavy (non-hydrogen) atoms. The molecule has 3 aliphatic carbocycles. The predicted molar refractivity (Wildman–Crippen MR) is 142 cm³/mol. The van der Waals surface area contributed by atoms with Gasteiger partial charge in [-0.05, 0) is 97.9 Å². The zero-order valence-corrected chi connectivity index (χ0v) is 20.7. The number of likely N-dealkylation sites (tertiary alicyclic amines) is 1. The van der Waals surface area contributed by atoms with Crippen LogP contribution in [-0.2, 0) is 18.3 Å². The van der Waals surface area contributed by atoms with Crippen LogP contribution in [0.15, 0.2) is 84.9 Å². The molecule has 0 aromatic heterocycles. The molecule has 3 aromatic carbocycles. The summed E-state index contributed by atoms with van der Waals surface area (Å²) >= 11 is 0. The highest BCUT2D eigenvalue weighted by molar-refractivity contribution is 5.94. The maximum absolute atomic E-state index is 13.3. The topological polar surface area (TPSA) is 20.3 Å². The summed E-state index contributed by atoms with van der Waals surface area (Å²) < 4.78 is 0. The molecule has 180 valence electrons. The van der Waals surface area contributed by atoms with E-state index >= 15 is 0 Å². The number of carbonyl (C=O) groups excluding carboxylic acids is 1. The zero-order chi connectivity index (χ0) is 23.7. The minimum atomic E-state index is 0.0746. The Morgan fingerprint density at radius 1 is 0.829 bits per heavy atom. The first kappa shape index (κ1) is 22.6. The summed E-state index contributed by atoms with van der Waals surface area (Å²) in [6.07, 6.45) is 10.2. The van der Waals surface area contributed by atoms with Crippen molar-refractivity contribution in [3.8, 4) is 0 Å². The van der Waals surface area contributed by atoms with Gasteiger partial charge in [-0.15, -0.1) is 0 Å². The normalized spacial score (nSPS) is 27.8. The van der Waals surface area contributed by atoms with E-state index in [1.165, 1.54) is 50.5 Å². The van der Waals surface area contributed by atoms with Crippen molar-refractivity contribution in [3.63, 3.8) is 0 Å². The minimum Gasteiger partial charge on any atom is -0.338 e. The van der Waals surface area contributed by atoms with Crippen LogP contribution in [0.25, 0.3) is 0 Å². The number of nitrogens with zero attached hydrogens (tertiary/aromatic N) is 1.